The zero-order chi connectivity index (χ0) is 12.1. The van der Waals surface area contributed by atoms with Crippen LogP contribution in [0.5, 0.6) is 0 Å². The Hall–Kier alpha value is -0.610. The minimum Gasteiger partial charge on any atom is -0.391 e. The highest BCUT2D eigenvalue weighted by atomic mass is 16.3. The first-order valence-corrected chi connectivity index (χ1v) is 6.97. The van der Waals surface area contributed by atoms with E-state index in [1.54, 1.807) is 0 Å². The van der Waals surface area contributed by atoms with Gasteiger partial charge >= 0.3 is 0 Å². The largest absolute Gasteiger partial charge is 0.391 e. The summed E-state index contributed by atoms with van der Waals surface area (Å²) in [4.78, 5) is 14.2. The maximum absolute atomic E-state index is 12.3. The lowest BCUT2D eigenvalue weighted by atomic mass is 10.0. The van der Waals surface area contributed by atoms with E-state index in [2.05, 4.69) is 5.32 Å². The number of hydrogen-bond donors (Lipinski definition) is 2. The van der Waals surface area contributed by atoms with Crippen LogP contribution in [0.3, 0.4) is 0 Å². The van der Waals surface area contributed by atoms with Crippen molar-refractivity contribution < 1.29 is 9.90 Å². The van der Waals surface area contributed by atoms with E-state index in [4.69, 9.17) is 0 Å². The van der Waals surface area contributed by atoms with Crippen molar-refractivity contribution in [3.8, 4) is 0 Å². The highest BCUT2D eigenvalue weighted by Crippen LogP contribution is 2.15. The van der Waals surface area contributed by atoms with Crippen molar-refractivity contribution >= 4 is 5.91 Å². The molecule has 0 spiro atoms. The first-order valence-electron chi connectivity index (χ1n) is 6.97. The molecule has 2 heterocycles. The van der Waals surface area contributed by atoms with Crippen LogP contribution >= 0.6 is 0 Å². The number of hydrogen-bond acceptors (Lipinski definition) is 3. The predicted octanol–water partition coefficient (Wildman–Crippen LogP) is 0.892. The van der Waals surface area contributed by atoms with Gasteiger partial charge in [-0.05, 0) is 32.2 Å². The summed E-state index contributed by atoms with van der Waals surface area (Å²) in [6.07, 6.45) is 7.23. The van der Waals surface area contributed by atoms with Gasteiger partial charge in [0.25, 0.3) is 0 Å². The third-order valence-corrected chi connectivity index (χ3v) is 3.82. The minimum atomic E-state index is -0.318. The summed E-state index contributed by atoms with van der Waals surface area (Å²) in [7, 11) is 0. The number of nitrogens with zero attached hydrogens (tertiary/aromatic N) is 1. The standard InChI is InChI=1S/C13H24N2O2/c16-11-6-5-9-15(10-11)13(17)12-7-3-1-2-4-8-14-12/h11-12,14,16H,1-10H2. The molecule has 4 heteroatoms. The second kappa shape index (κ2) is 6.36. The molecule has 0 aromatic heterocycles. The molecule has 2 fully saturated rings. The first-order chi connectivity index (χ1) is 8.27. The van der Waals surface area contributed by atoms with E-state index in [1.165, 1.54) is 19.3 Å². The predicted molar refractivity (Wildman–Crippen MR) is 66.7 cm³/mol. The van der Waals surface area contributed by atoms with E-state index >= 15 is 0 Å². The third-order valence-electron chi connectivity index (χ3n) is 3.82. The van der Waals surface area contributed by atoms with Gasteiger partial charge in [0.05, 0.1) is 12.1 Å². The molecule has 17 heavy (non-hydrogen) atoms. The molecule has 0 aliphatic carbocycles. The van der Waals surface area contributed by atoms with Crippen LogP contribution in [0.2, 0.25) is 0 Å². The van der Waals surface area contributed by atoms with Gasteiger partial charge in [-0.2, -0.15) is 0 Å². The van der Waals surface area contributed by atoms with E-state index < -0.39 is 0 Å². The van der Waals surface area contributed by atoms with Crippen molar-refractivity contribution in [2.75, 3.05) is 19.6 Å². The molecule has 4 nitrogen and oxygen atoms in total. The molecule has 98 valence electrons. The highest BCUT2D eigenvalue weighted by Gasteiger charge is 2.27. The van der Waals surface area contributed by atoms with Crippen LogP contribution in [0.1, 0.15) is 44.9 Å². The maximum atomic E-state index is 12.3. The molecule has 2 N–H and O–H groups in total. The van der Waals surface area contributed by atoms with E-state index in [1.807, 2.05) is 4.90 Å². The van der Waals surface area contributed by atoms with E-state index in [0.29, 0.717) is 6.54 Å². The average molecular weight is 240 g/mol. The molecule has 2 rings (SSSR count). The Morgan fingerprint density at radius 3 is 2.76 bits per heavy atom. The Bertz CT molecular complexity index is 250. The number of rotatable bonds is 1. The normalized spacial score (nSPS) is 31.7. The molecule has 2 saturated heterocycles. The molecule has 1 amide bonds. The smallest absolute Gasteiger partial charge is 0.239 e. The molecule has 0 aromatic rings. The van der Waals surface area contributed by atoms with Gasteiger partial charge in [0.2, 0.25) is 5.91 Å². The molecule has 2 aliphatic heterocycles. The van der Waals surface area contributed by atoms with Gasteiger partial charge < -0.3 is 15.3 Å². The van der Waals surface area contributed by atoms with Crippen molar-refractivity contribution in [3.63, 3.8) is 0 Å². The molecular weight excluding hydrogens is 216 g/mol. The second-order valence-electron chi connectivity index (χ2n) is 5.29. The zero-order valence-electron chi connectivity index (χ0n) is 10.5. The maximum Gasteiger partial charge on any atom is 0.239 e. The SMILES string of the molecule is O=C(C1CCCCCCN1)N1CCCC(O)C1. The topological polar surface area (TPSA) is 52.6 Å². The Labute approximate surface area is 103 Å². The number of likely N-dealkylation sites (tertiary alicyclic amines) is 1. The number of piperidine rings is 1. The number of carbonyl (C=O) groups is 1. The van der Waals surface area contributed by atoms with Crippen LogP contribution in [0.4, 0.5) is 0 Å². The van der Waals surface area contributed by atoms with Crippen molar-refractivity contribution in [2.24, 2.45) is 0 Å². The quantitative estimate of drug-likeness (QED) is 0.716. The van der Waals surface area contributed by atoms with Crippen LogP contribution in [-0.4, -0.2) is 47.7 Å². The van der Waals surface area contributed by atoms with E-state index in [-0.39, 0.29) is 18.1 Å². The summed E-state index contributed by atoms with van der Waals surface area (Å²) in [5.74, 6) is 0.200. The average Bonchev–Trinajstić information content (AvgIpc) is 2.28. The molecule has 2 aliphatic rings. The van der Waals surface area contributed by atoms with Crippen LogP contribution < -0.4 is 5.32 Å². The summed E-state index contributed by atoms with van der Waals surface area (Å²) in [5, 5.41) is 13.0. The van der Waals surface area contributed by atoms with Crippen molar-refractivity contribution in [1.29, 1.82) is 0 Å². The molecule has 2 atom stereocenters. The number of carbonyl (C=O) groups excluding carboxylic acids is 1. The number of aliphatic hydroxyl groups excluding tert-OH is 1. The van der Waals surface area contributed by atoms with Gasteiger partial charge in [0.1, 0.15) is 0 Å². The Morgan fingerprint density at radius 1 is 1.12 bits per heavy atom. The summed E-state index contributed by atoms with van der Waals surface area (Å²) < 4.78 is 0. The lowest BCUT2D eigenvalue weighted by Gasteiger charge is -2.33. The Balaban J connectivity index is 1.87. The van der Waals surface area contributed by atoms with Crippen molar-refractivity contribution in [1.82, 2.24) is 10.2 Å². The first kappa shape index (κ1) is 12.8. The molecular formula is C13H24N2O2. The number of nitrogens with one attached hydrogen (secondary N) is 1. The second-order valence-corrected chi connectivity index (χ2v) is 5.29. The van der Waals surface area contributed by atoms with E-state index in [9.17, 15) is 9.90 Å². The fourth-order valence-electron chi connectivity index (χ4n) is 2.79. The lowest BCUT2D eigenvalue weighted by Crippen LogP contribution is -2.51. The molecule has 2 unspecified atom stereocenters. The summed E-state index contributed by atoms with van der Waals surface area (Å²) in [6.45, 7) is 2.29. The fourth-order valence-corrected chi connectivity index (χ4v) is 2.79. The summed E-state index contributed by atoms with van der Waals surface area (Å²) in [6, 6.07) is -0.0133. The van der Waals surface area contributed by atoms with Crippen LogP contribution in [0.15, 0.2) is 0 Å². The van der Waals surface area contributed by atoms with E-state index in [0.717, 1.165) is 38.8 Å². The lowest BCUT2D eigenvalue weighted by molar-refractivity contribution is -0.136. The van der Waals surface area contributed by atoms with Crippen molar-refractivity contribution in [2.45, 2.75) is 57.1 Å². The fraction of sp³-hybridized carbons (Fsp3) is 0.923. The molecule has 0 aromatic carbocycles. The van der Waals surface area contributed by atoms with Crippen LogP contribution in [0.25, 0.3) is 0 Å². The molecule has 0 saturated carbocycles. The van der Waals surface area contributed by atoms with Gasteiger partial charge in [-0.1, -0.05) is 19.3 Å². The highest BCUT2D eigenvalue weighted by molar-refractivity contribution is 5.82. The number of β-amino-alcohol motifs (C(OH)–C–C–N with tert-alkyl or cyclic N) is 1. The zero-order valence-corrected chi connectivity index (χ0v) is 10.5. The third kappa shape index (κ3) is 3.68. The summed E-state index contributed by atoms with van der Waals surface area (Å²) >= 11 is 0. The van der Waals surface area contributed by atoms with Gasteiger partial charge in [-0.25, -0.2) is 0 Å². The van der Waals surface area contributed by atoms with Gasteiger partial charge in [0, 0.05) is 13.1 Å². The van der Waals surface area contributed by atoms with Crippen molar-refractivity contribution in [3.05, 3.63) is 0 Å². The molecule has 0 bridgehead atoms. The van der Waals surface area contributed by atoms with Crippen LogP contribution in [0, 0.1) is 0 Å². The Morgan fingerprint density at radius 2 is 1.94 bits per heavy atom. The van der Waals surface area contributed by atoms with Gasteiger partial charge in [0.15, 0.2) is 0 Å². The number of amides is 1. The Kier molecular flexibility index (Phi) is 4.80. The number of aliphatic hydroxyl groups is 1. The van der Waals surface area contributed by atoms with Crippen LogP contribution in [-0.2, 0) is 4.79 Å². The van der Waals surface area contributed by atoms with Gasteiger partial charge in [-0.15, -0.1) is 0 Å². The summed E-state index contributed by atoms with van der Waals surface area (Å²) in [5.41, 5.74) is 0. The minimum absolute atomic E-state index is 0.0133. The van der Waals surface area contributed by atoms with Gasteiger partial charge in [-0.3, -0.25) is 4.79 Å². The molecule has 0 radical (unpaired) electrons. The monoisotopic (exact) mass is 240 g/mol.